The van der Waals surface area contributed by atoms with Crippen molar-refractivity contribution in [2.75, 3.05) is 19.6 Å². The maximum atomic E-state index is 11.8. The van der Waals surface area contributed by atoms with Gasteiger partial charge >= 0.3 is 12.0 Å². The number of hydrogen-bond donors (Lipinski definition) is 1. The van der Waals surface area contributed by atoms with E-state index in [9.17, 15) is 9.59 Å². The number of amides is 2. The van der Waals surface area contributed by atoms with Crippen LogP contribution in [0.4, 0.5) is 4.79 Å². The predicted octanol–water partition coefficient (Wildman–Crippen LogP) is 1.77. The highest BCUT2D eigenvalue weighted by Gasteiger charge is 2.19. The van der Waals surface area contributed by atoms with Crippen LogP contribution < -0.4 is 5.32 Å². The summed E-state index contributed by atoms with van der Waals surface area (Å²) < 4.78 is 4.99. The highest BCUT2D eigenvalue weighted by molar-refractivity contribution is 5.75. The number of urea groups is 1. The van der Waals surface area contributed by atoms with E-state index in [2.05, 4.69) is 12.2 Å². The maximum Gasteiger partial charge on any atom is 0.317 e. The molecular weight excluding hydrogens is 232 g/mol. The highest BCUT2D eigenvalue weighted by Crippen LogP contribution is 2.15. The van der Waals surface area contributed by atoms with Gasteiger partial charge in [-0.05, 0) is 32.6 Å². The van der Waals surface area contributed by atoms with E-state index in [4.69, 9.17) is 4.74 Å². The van der Waals surface area contributed by atoms with Crippen LogP contribution in [0, 0.1) is 5.92 Å². The van der Waals surface area contributed by atoms with Crippen LogP contribution in [0.5, 0.6) is 0 Å². The molecule has 0 saturated carbocycles. The van der Waals surface area contributed by atoms with Crippen LogP contribution in [0.2, 0.25) is 0 Å². The SMILES string of the molecule is CC1CCN(C(=O)NCCC(=O)OC(C)C)CC1. The van der Waals surface area contributed by atoms with Gasteiger partial charge in [-0.2, -0.15) is 0 Å². The summed E-state index contributed by atoms with van der Waals surface area (Å²) in [5.74, 6) is 0.438. The summed E-state index contributed by atoms with van der Waals surface area (Å²) in [6, 6.07) is -0.0701. The Hall–Kier alpha value is -1.26. The van der Waals surface area contributed by atoms with Crippen LogP contribution in [0.25, 0.3) is 0 Å². The molecule has 1 saturated heterocycles. The average molecular weight is 256 g/mol. The lowest BCUT2D eigenvalue weighted by Crippen LogP contribution is -2.44. The van der Waals surface area contributed by atoms with Crippen LogP contribution in [0.15, 0.2) is 0 Å². The van der Waals surface area contributed by atoms with E-state index in [1.165, 1.54) is 0 Å². The first-order valence-electron chi connectivity index (χ1n) is 6.71. The van der Waals surface area contributed by atoms with E-state index in [1.54, 1.807) is 0 Å². The van der Waals surface area contributed by atoms with Gasteiger partial charge in [0.05, 0.1) is 12.5 Å². The van der Waals surface area contributed by atoms with Crippen molar-refractivity contribution < 1.29 is 14.3 Å². The van der Waals surface area contributed by atoms with Crippen LogP contribution in [-0.4, -0.2) is 42.6 Å². The quantitative estimate of drug-likeness (QED) is 0.780. The maximum absolute atomic E-state index is 11.8. The molecule has 0 spiro atoms. The first-order chi connectivity index (χ1) is 8.49. The van der Waals surface area contributed by atoms with Crippen LogP contribution in [0.3, 0.4) is 0 Å². The van der Waals surface area contributed by atoms with Gasteiger partial charge in [-0.1, -0.05) is 6.92 Å². The summed E-state index contributed by atoms with van der Waals surface area (Å²) >= 11 is 0. The van der Waals surface area contributed by atoms with Crippen molar-refractivity contribution in [3.8, 4) is 0 Å². The van der Waals surface area contributed by atoms with Gasteiger partial charge in [0.1, 0.15) is 0 Å². The van der Waals surface area contributed by atoms with Gasteiger partial charge in [0.25, 0.3) is 0 Å². The van der Waals surface area contributed by atoms with Crippen molar-refractivity contribution in [2.24, 2.45) is 5.92 Å². The zero-order valence-electron chi connectivity index (χ0n) is 11.6. The zero-order chi connectivity index (χ0) is 13.5. The van der Waals surface area contributed by atoms with E-state index in [-0.39, 0.29) is 24.5 Å². The Bertz CT molecular complexity index is 284. The van der Waals surface area contributed by atoms with Gasteiger partial charge in [-0.25, -0.2) is 4.79 Å². The number of ether oxygens (including phenoxy) is 1. The standard InChI is InChI=1S/C13H24N2O3/c1-10(2)18-12(16)4-7-14-13(17)15-8-5-11(3)6-9-15/h10-11H,4-9H2,1-3H3,(H,14,17). The van der Waals surface area contributed by atoms with Crippen molar-refractivity contribution in [1.82, 2.24) is 10.2 Å². The molecule has 1 aliphatic heterocycles. The minimum Gasteiger partial charge on any atom is -0.463 e. The van der Waals surface area contributed by atoms with E-state index in [1.807, 2.05) is 18.7 Å². The van der Waals surface area contributed by atoms with Gasteiger partial charge in [0.2, 0.25) is 0 Å². The van der Waals surface area contributed by atoms with Crippen LogP contribution >= 0.6 is 0 Å². The number of rotatable bonds is 4. The average Bonchev–Trinajstić information content (AvgIpc) is 2.28. The van der Waals surface area contributed by atoms with Gasteiger partial charge in [-0.15, -0.1) is 0 Å². The molecule has 18 heavy (non-hydrogen) atoms. The summed E-state index contributed by atoms with van der Waals surface area (Å²) in [7, 11) is 0. The number of hydrogen-bond acceptors (Lipinski definition) is 3. The molecule has 1 N–H and O–H groups in total. The Morgan fingerprint density at radius 3 is 2.50 bits per heavy atom. The second kappa shape index (κ2) is 7.24. The summed E-state index contributed by atoms with van der Waals surface area (Å²) in [4.78, 5) is 24.9. The second-order valence-electron chi connectivity index (χ2n) is 5.19. The third-order valence-corrected chi connectivity index (χ3v) is 3.04. The Morgan fingerprint density at radius 1 is 1.33 bits per heavy atom. The van der Waals surface area contributed by atoms with Crippen LogP contribution in [0.1, 0.15) is 40.0 Å². The number of nitrogens with zero attached hydrogens (tertiary/aromatic N) is 1. The molecule has 0 aromatic rings. The number of carbonyl (C=O) groups excluding carboxylic acids is 2. The molecule has 1 rings (SSSR count). The number of likely N-dealkylation sites (tertiary alicyclic amines) is 1. The lowest BCUT2D eigenvalue weighted by molar-refractivity contribution is -0.147. The molecule has 0 atom stereocenters. The highest BCUT2D eigenvalue weighted by atomic mass is 16.5. The first-order valence-corrected chi connectivity index (χ1v) is 6.71. The summed E-state index contributed by atoms with van der Waals surface area (Å²) in [6.45, 7) is 7.79. The number of nitrogens with one attached hydrogen (secondary N) is 1. The Kier molecular flexibility index (Phi) is 5.95. The molecule has 104 valence electrons. The van der Waals surface area contributed by atoms with E-state index >= 15 is 0 Å². The van der Waals surface area contributed by atoms with Crippen molar-refractivity contribution in [3.05, 3.63) is 0 Å². The molecule has 0 aromatic heterocycles. The molecule has 0 bridgehead atoms. The fraction of sp³-hybridized carbons (Fsp3) is 0.846. The molecule has 0 aliphatic carbocycles. The number of esters is 1. The molecule has 1 aliphatic rings. The van der Waals surface area contributed by atoms with Crippen molar-refractivity contribution in [2.45, 2.75) is 46.1 Å². The Labute approximate surface area is 109 Å². The summed E-state index contributed by atoms with van der Waals surface area (Å²) in [6.07, 6.45) is 2.25. The zero-order valence-corrected chi connectivity index (χ0v) is 11.6. The molecule has 0 aromatic carbocycles. The molecule has 2 amide bonds. The van der Waals surface area contributed by atoms with Gasteiger partial charge < -0.3 is 15.0 Å². The van der Waals surface area contributed by atoms with Crippen molar-refractivity contribution in [3.63, 3.8) is 0 Å². The van der Waals surface area contributed by atoms with Gasteiger partial charge in [0.15, 0.2) is 0 Å². The molecule has 0 unspecified atom stereocenters. The third kappa shape index (κ3) is 5.38. The number of piperidine rings is 1. The smallest absolute Gasteiger partial charge is 0.317 e. The molecule has 1 fully saturated rings. The minimum atomic E-state index is -0.266. The Morgan fingerprint density at radius 2 is 1.94 bits per heavy atom. The van der Waals surface area contributed by atoms with E-state index in [0.29, 0.717) is 12.5 Å². The van der Waals surface area contributed by atoms with Gasteiger partial charge in [0, 0.05) is 19.6 Å². The molecule has 0 radical (unpaired) electrons. The summed E-state index contributed by atoms with van der Waals surface area (Å²) in [5.41, 5.74) is 0. The number of carbonyl (C=O) groups is 2. The van der Waals surface area contributed by atoms with Gasteiger partial charge in [-0.3, -0.25) is 4.79 Å². The molecular formula is C13H24N2O3. The van der Waals surface area contributed by atoms with E-state index < -0.39 is 0 Å². The fourth-order valence-corrected chi connectivity index (χ4v) is 1.92. The lowest BCUT2D eigenvalue weighted by atomic mass is 10.00. The van der Waals surface area contributed by atoms with E-state index in [0.717, 1.165) is 25.9 Å². The minimum absolute atomic E-state index is 0.0701. The largest absolute Gasteiger partial charge is 0.463 e. The molecule has 1 heterocycles. The molecule has 5 nitrogen and oxygen atoms in total. The lowest BCUT2D eigenvalue weighted by Gasteiger charge is -2.30. The van der Waals surface area contributed by atoms with Crippen molar-refractivity contribution >= 4 is 12.0 Å². The van der Waals surface area contributed by atoms with Crippen molar-refractivity contribution in [1.29, 1.82) is 0 Å². The Balaban J connectivity index is 2.15. The first kappa shape index (κ1) is 14.8. The molecule has 5 heteroatoms. The topological polar surface area (TPSA) is 58.6 Å². The summed E-state index contributed by atoms with van der Waals surface area (Å²) in [5, 5.41) is 2.76. The third-order valence-electron chi connectivity index (χ3n) is 3.04. The second-order valence-corrected chi connectivity index (χ2v) is 5.19. The monoisotopic (exact) mass is 256 g/mol. The van der Waals surface area contributed by atoms with Crippen LogP contribution in [-0.2, 0) is 9.53 Å². The normalized spacial score (nSPS) is 16.8. The predicted molar refractivity (Wildman–Crippen MR) is 69.2 cm³/mol. The fourth-order valence-electron chi connectivity index (χ4n) is 1.92.